The van der Waals surface area contributed by atoms with E-state index in [4.69, 9.17) is 10.3 Å². The van der Waals surface area contributed by atoms with Crippen LogP contribution in [0.2, 0.25) is 0 Å². The number of rotatable bonds is 5. The molecule has 2 aromatic heterocycles. The fourth-order valence-electron chi connectivity index (χ4n) is 2.35. The molecule has 23 heavy (non-hydrogen) atoms. The minimum absolute atomic E-state index is 0.0628. The molecule has 0 aliphatic rings. The lowest BCUT2D eigenvalue weighted by molar-refractivity contribution is -0.119. The summed E-state index contributed by atoms with van der Waals surface area (Å²) in [6, 6.07) is 0. The highest BCUT2D eigenvalue weighted by molar-refractivity contribution is 7.17. The minimum Gasteiger partial charge on any atom is -0.370 e. The van der Waals surface area contributed by atoms with Crippen molar-refractivity contribution in [2.45, 2.75) is 46.6 Å². The highest BCUT2D eigenvalue weighted by Gasteiger charge is 2.26. The summed E-state index contributed by atoms with van der Waals surface area (Å²) in [5.41, 5.74) is 6.66. The van der Waals surface area contributed by atoms with Crippen LogP contribution in [0.15, 0.2) is 4.52 Å². The van der Waals surface area contributed by atoms with Gasteiger partial charge < -0.3 is 15.6 Å². The molecular weight excluding hydrogens is 316 g/mol. The molecule has 0 atom stereocenters. The SMILES string of the molecule is Cc1nc(-c2c(C)noc2C)sc1C(=O)NC(C)(C)CC(N)=O. The first-order chi connectivity index (χ1) is 10.6. The summed E-state index contributed by atoms with van der Waals surface area (Å²) in [6.07, 6.45) is 0.0628. The summed E-state index contributed by atoms with van der Waals surface area (Å²) in [7, 11) is 0. The topological polar surface area (TPSA) is 111 Å². The van der Waals surface area contributed by atoms with Gasteiger partial charge in [0.1, 0.15) is 15.6 Å². The first kappa shape index (κ1) is 17.1. The average Bonchev–Trinajstić information content (AvgIpc) is 2.90. The molecule has 2 rings (SSSR count). The first-order valence-electron chi connectivity index (χ1n) is 7.12. The van der Waals surface area contributed by atoms with E-state index < -0.39 is 11.4 Å². The lowest BCUT2D eigenvalue weighted by Gasteiger charge is -2.24. The molecule has 124 valence electrons. The predicted molar refractivity (Wildman–Crippen MR) is 87.2 cm³/mol. The van der Waals surface area contributed by atoms with Gasteiger partial charge in [0.05, 0.1) is 17.0 Å². The number of primary amides is 1. The van der Waals surface area contributed by atoms with Crippen LogP contribution in [0.5, 0.6) is 0 Å². The number of hydrogen-bond acceptors (Lipinski definition) is 6. The van der Waals surface area contributed by atoms with Crippen molar-refractivity contribution in [3.05, 3.63) is 22.0 Å². The minimum atomic E-state index is -0.720. The molecule has 0 aromatic carbocycles. The van der Waals surface area contributed by atoms with Crippen LogP contribution in [-0.2, 0) is 4.79 Å². The van der Waals surface area contributed by atoms with Crippen molar-refractivity contribution >= 4 is 23.2 Å². The molecule has 2 heterocycles. The first-order valence-corrected chi connectivity index (χ1v) is 7.94. The van der Waals surface area contributed by atoms with Crippen LogP contribution in [-0.4, -0.2) is 27.5 Å². The van der Waals surface area contributed by atoms with E-state index in [9.17, 15) is 9.59 Å². The van der Waals surface area contributed by atoms with E-state index in [1.807, 2.05) is 13.8 Å². The highest BCUT2D eigenvalue weighted by atomic mass is 32.1. The van der Waals surface area contributed by atoms with Gasteiger partial charge in [-0.25, -0.2) is 4.98 Å². The van der Waals surface area contributed by atoms with Gasteiger partial charge in [0.15, 0.2) is 0 Å². The second kappa shape index (κ2) is 6.11. The molecule has 0 saturated heterocycles. The lowest BCUT2D eigenvalue weighted by Crippen LogP contribution is -2.46. The third-order valence-corrected chi connectivity index (χ3v) is 4.49. The quantitative estimate of drug-likeness (QED) is 0.868. The summed E-state index contributed by atoms with van der Waals surface area (Å²) in [5, 5.41) is 7.42. The number of nitrogens with two attached hydrogens (primary N) is 1. The van der Waals surface area contributed by atoms with Gasteiger partial charge in [0, 0.05) is 12.0 Å². The molecule has 2 amide bonds. The number of aromatic nitrogens is 2. The normalized spacial score (nSPS) is 11.5. The number of carbonyl (C=O) groups excluding carboxylic acids is 2. The van der Waals surface area contributed by atoms with Crippen molar-refractivity contribution < 1.29 is 14.1 Å². The van der Waals surface area contributed by atoms with Crippen LogP contribution in [0.1, 0.15) is 47.1 Å². The van der Waals surface area contributed by atoms with Gasteiger partial charge >= 0.3 is 0 Å². The van der Waals surface area contributed by atoms with E-state index in [2.05, 4.69) is 15.5 Å². The van der Waals surface area contributed by atoms with Crippen molar-refractivity contribution in [2.75, 3.05) is 0 Å². The zero-order valence-electron chi connectivity index (χ0n) is 13.8. The fraction of sp³-hybridized carbons (Fsp3) is 0.467. The van der Waals surface area contributed by atoms with Crippen LogP contribution in [0, 0.1) is 20.8 Å². The Morgan fingerprint density at radius 3 is 2.43 bits per heavy atom. The van der Waals surface area contributed by atoms with E-state index >= 15 is 0 Å². The van der Waals surface area contributed by atoms with Crippen molar-refractivity contribution in [3.8, 4) is 10.6 Å². The standard InChI is InChI=1S/C15H20N4O3S/c1-7-11(9(3)22-19-7)14-17-8(2)12(23-14)13(21)18-15(4,5)6-10(16)20/h6H2,1-5H3,(H2,16,20)(H,18,21). The number of hydrogen-bond donors (Lipinski definition) is 2. The molecule has 0 bridgehead atoms. The highest BCUT2D eigenvalue weighted by Crippen LogP contribution is 2.32. The van der Waals surface area contributed by atoms with E-state index in [1.165, 1.54) is 11.3 Å². The third kappa shape index (κ3) is 3.76. The third-order valence-electron chi connectivity index (χ3n) is 3.32. The van der Waals surface area contributed by atoms with Gasteiger partial charge in [-0.1, -0.05) is 5.16 Å². The molecule has 7 nitrogen and oxygen atoms in total. The molecule has 0 spiro atoms. The Labute approximate surface area is 138 Å². The van der Waals surface area contributed by atoms with Crippen LogP contribution in [0.4, 0.5) is 0 Å². The van der Waals surface area contributed by atoms with Crippen molar-refractivity contribution in [2.24, 2.45) is 5.73 Å². The Balaban J connectivity index is 2.28. The van der Waals surface area contributed by atoms with Crippen molar-refractivity contribution in [1.82, 2.24) is 15.5 Å². The van der Waals surface area contributed by atoms with E-state index in [0.29, 0.717) is 21.3 Å². The van der Waals surface area contributed by atoms with Gasteiger partial charge in [-0.15, -0.1) is 11.3 Å². The maximum absolute atomic E-state index is 12.5. The molecule has 0 fully saturated rings. The molecule has 2 aromatic rings. The van der Waals surface area contributed by atoms with Crippen LogP contribution >= 0.6 is 11.3 Å². The zero-order valence-corrected chi connectivity index (χ0v) is 14.6. The smallest absolute Gasteiger partial charge is 0.263 e. The number of carbonyl (C=O) groups is 2. The molecule has 0 unspecified atom stereocenters. The molecule has 0 aliphatic carbocycles. The Bertz CT molecular complexity index is 741. The van der Waals surface area contributed by atoms with E-state index in [0.717, 1.165) is 11.3 Å². The monoisotopic (exact) mass is 336 g/mol. The summed E-state index contributed by atoms with van der Waals surface area (Å²) in [5.74, 6) is -0.0748. The van der Waals surface area contributed by atoms with Crippen LogP contribution in [0.25, 0.3) is 10.6 Å². The molecule has 3 N–H and O–H groups in total. The molecule has 0 saturated carbocycles. The average molecular weight is 336 g/mol. The summed E-state index contributed by atoms with van der Waals surface area (Å²) in [6.45, 7) is 8.91. The maximum atomic E-state index is 12.5. The molecule has 0 aliphatic heterocycles. The Hall–Kier alpha value is -2.22. The second-order valence-corrected chi connectivity index (χ2v) is 7.11. The number of nitrogens with one attached hydrogen (secondary N) is 1. The predicted octanol–water partition coefficient (Wildman–Crippen LogP) is 2.11. The Morgan fingerprint density at radius 2 is 1.91 bits per heavy atom. The zero-order chi connectivity index (χ0) is 17.4. The molecule has 8 heteroatoms. The van der Waals surface area contributed by atoms with Gasteiger partial charge in [-0.3, -0.25) is 9.59 Å². The largest absolute Gasteiger partial charge is 0.370 e. The van der Waals surface area contributed by atoms with Crippen molar-refractivity contribution in [3.63, 3.8) is 0 Å². The number of aryl methyl sites for hydroxylation is 3. The number of amides is 2. The number of nitrogens with zero attached hydrogens (tertiary/aromatic N) is 2. The van der Waals surface area contributed by atoms with Crippen molar-refractivity contribution in [1.29, 1.82) is 0 Å². The van der Waals surface area contributed by atoms with Gasteiger partial charge in [0.2, 0.25) is 5.91 Å². The Morgan fingerprint density at radius 1 is 1.26 bits per heavy atom. The number of thiazole rings is 1. The van der Waals surface area contributed by atoms with Gasteiger partial charge in [-0.05, 0) is 34.6 Å². The van der Waals surface area contributed by atoms with Gasteiger partial charge in [0.25, 0.3) is 5.91 Å². The van der Waals surface area contributed by atoms with E-state index in [1.54, 1.807) is 20.8 Å². The summed E-state index contributed by atoms with van der Waals surface area (Å²) in [4.78, 5) is 28.5. The lowest BCUT2D eigenvalue weighted by atomic mass is 10.0. The van der Waals surface area contributed by atoms with Crippen LogP contribution < -0.4 is 11.1 Å². The van der Waals surface area contributed by atoms with Crippen LogP contribution in [0.3, 0.4) is 0 Å². The second-order valence-electron chi connectivity index (χ2n) is 6.11. The Kier molecular flexibility index (Phi) is 4.56. The summed E-state index contributed by atoms with van der Waals surface area (Å²) >= 11 is 1.27. The summed E-state index contributed by atoms with van der Waals surface area (Å²) < 4.78 is 5.15. The van der Waals surface area contributed by atoms with Gasteiger partial charge in [-0.2, -0.15) is 0 Å². The van der Waals surface area contributed by atoms with E-state index in [-0.39, 0.29) is 12.3 Å². The molecule has 0 radical (unpaired) electrons. The molecular formula is C15H20N4O3S. The maximum Gasteiger partial charge on any atom is 0.263 e. The fourth-order valence-corrected chi connectivity index (χ4v) is 3.45.